The normalized spacial score (nSPS) is 11.3. The molecule has 0 spiro atoms. The van der Waals surface area contributed by atoms with Crippen LogP contribution in [0, 0.1) is 0 Å². The van der Waals surface area contributed by atoms with Gasteiger partial charge in [0.25, 0.3) is 5.91 Å². The van der Waals surface area contributed by atoms with Crippen molar-refractivity contribution in [3.8, 4) is 5.69 Å². The van der Waals surface area contributed by atoms with Crippen LogP contribution in [0.3, 0.4) is 0 Å². The highest BCUT2D eigenvalue weighted by Crippen LogP contribution is 2.31. The largest absolute Gasteiger partial charge is 0.435 e. The van der Waals surface area contributed by atoms with Crippen LogP contribution in [0.5, 0.6) is 0 Å². The molecule has 10 heteroatoms. The third kappa shape index (κ3) is 4.25. The number of nitrogens with one attached hydrogen (secondary N) is 1. The van der Waals surface area contributed by atoms with Crippen molar-refractivity contribution < 1.29 is 22.8 Å². The van der Waals surface area contributed by atoms with Gasteiger partial charge in [-0.3, -0.25) is 9.59 Å². The van der Waals surface area contributed by atoms with E-state index in [-0.39, 0.29) is 13.0 Å². The lowest BCUT2D eigenvalue weighted by Crippen LogP contribution is -2.29. The molecule has 0 fully saturated rings. The van der Waals surface area contributed by atoms with Crippen molar-refractivity contribution in [2.75, 3.05) is 6.54 Å². The number of aromatic nitrogens is 2. The molecule has 24 heavy (non-hydrogen) atoms. The maximum atomic E-state index is 13.1. The zero-order valence-electron chi connectivity index (χ0n) is 12.1. The minimum atomic E-state index is -4.81. The smallest absolute Gasteiger partial charge is 0.370 e. The Kier molecular flexibility index (Phi) is 5.13. The summed E-state index contributed by atoms with van der Waals surface area (Å²) in [6.07, 6.45) is -4.03. The molecule has 0 atom stereocenters. The second kappa shape index (κ2) is 6.91. The van der Waals surface area contributed by atoms with Crippen molar-refractivity contribution in [3.05, 3.63) is 46.7 Å². The average molecular weight is 361 g/mol. The van der Waals surface area contributed by atoms with Crippen LogP contribution in [0.15, 0.2) is 30.5 Å². The number of nitrogens with two attached hydrogens (primary N) is 1. The first kappa shape index (κ1) is 17.8. The predicted octanol–water partition coefficient (Wildman–Crippen LogP) is 2.15. The van der Waals surface area contributed by atoms with Crippen LogP contribution in [0.25, 0.3) is 5.69 Å². The molecule has 0 aliphatic rings. The van der Waals surface area contributed by atoms with E-state index < -0.39 is 29.2 Å². The fraction of sp³-hybridized carbons (Fsp3) is 0.214. The Morgan fingerprint density at radius 1 is 1.25 bits per heavy atom. The number of carbonyl (C=O) groups is 2. The van der Waals surface area contributed by atoms with Gasteiger partial charge in [-0.1, -0.05) is 11.6 Å². The monoisotopic (exact) mass is 360 g/mol. The molecule has 0 saturated heterocycles. The SMILES string of the molecule is NC(=O)CCNC(=O)c1cn(-c2ccc(Cl)cc2)nc1C(F)(F)F. The van der Waals surface area contributed by atoms with E-state index in [1.807, 2.05) is 0 Å². The van der Waals surface area contributed by atoms with Gasteiger partial charge in [-0.15, -0.1) is 0 Å². The van der Waals surface area contributed by atoms with E-state index in [9.17, 15) is 22.8 Å². The molecular weight excluding hydrogens is 349 g/mol. The number of benzene rings is 1. The molecule has 0 radical (unpaired) electrons. The van der Waals surface area contributed by atoms with E-state index >= 15 is 0 Å². The third-order valence-electron chi connectivity index (χ3n) is 2.98. The van der Waals surface area contributed by atoms with E-state index in [0.29, 0.717) is 10.7 Å². The number of hydrogen-bond donors (Lipinski definition) is 2. The molecular formula is C14H12ClF3N4O2. The van der Waals surface area contributed by atoms with Gasteiger partial charge in [0, 0.05) is 24.2 Å². The Balaban J connectivity index is 2.33. The number of amides is 2. The van der Waals surface area contributed by atoms with Crippen LogP contribution >= 0.6 is 11.6 Å². The molecule has 1 heterocycles. The minimum Gasteiger partial charge on any atom is -0.370 e. The number of carbonyl (C=O) groups excluding carboxylic acids is 2. The lowest BCUT2D eigenvalue weighted by atomic mass is 10.2. The standard InChI is InChI=1S/C14H12ClF3N4O2/c15-8-1-3-9(4-2-8)22-7-10(12(21-22)14(16,17)18)13(24)20-6-5-11(19)23/h1-4,7H,5-6H2,(H2,19,23)(H,20,24). The number of rotatable bonds is 5. The highest BCUT2D eigenvalue weighted by atomic mass is 35.5. The van der Waals surface area contributed by atoms with Gasteiger partial charge < -0.3 is 11.1 Å². The highest BCUT2D eigenvalue weighted by molar-refractivity contribution is 6.30. The maximum Gasteiger partial charge on any atom is 0.435 e. The predicted molar refractivity (Wildman–Crippen MR) is 79.7 cm³/mol. The fourth-order valence-electron chi connectivity index (χ4n) is 1.87. The Hall–Kier alpha value is -2.55. The summed E-state index contributed by atoms with van der Waals surface area (Å²) in [5.41, 5.74) is 3.24. The summed E-state index contributed by atoms with van der Waals surface area (Å²) in [7, 11) is 0. The Morgan fingerprint density at radius 2 is 1.88 bits per heavy atom. The molecule has 128 valence electrons. The summed E-state index contributed by atoms with van der Waals surface area (Å²) in [4.78, 5) is 22.6. The van der Waals surface area contributed by atoms with Gasteiger partial charge in [0.05, 0.1) is 11.3 Å². The lowest BCUT2D eigenvalue weighted by Gasteiger charge is -2.06. The molecule has 1 aromatic heterocycles. The second-order valence-corrected chi connectivity index (χ2v) is 5.22. The van der Waals surface area contributed by atoms with Crippen molar-refractivity contribution in [2.24, 2.45) is 5.73 Å². The number of primary amides is 1. The van der Waals surface area contributed by atoms with Crippen LogP contribution in [-0.4, -0.2) is 28.1 Å². The number of hydrogen-bond acceptors (Lipinski definition) is 3. The molecule has 2 amide bonds. The quantitative estimate of drug-likeness (QED) is 0.856. The van der Waals surface area contributed by atoms with E-state index in [1.54, 1.807) is 0 Å². The summed E-state index contributed by atoms with van der Waals surface area (Å²) in [5, 5.41) is 6.05. The van der Waals surface area contributed by atoms with Crippen LogP contribution in [0.4, 0.5) is 13.2 Å². The Bertz CT molecular complexity index is 756. The van der Waals surface area contributed by atoms with Crippen molar-refractivity contribution in [3.63, 3.8) is 0 Å². The second-order valence-electron chi connectivity index (χ2n) is 4.78. The minimum absolute atomic E-state index is 0.169. The van der Waals surface area contributed by atoms with Crippen LogP contribution in [0.1, 0.15) is 22.5 Å². The zero-order valence-corrected chi connectivity index (χ0v) is 12.9. The van der Waals surface area contributed by atoms with Crippen molar-refractivity contribution in [1.82, 2.24) is 15.1 Å². The maximum absolute atomic E-state index is 13.1. The van der Waals surface area contributed by atoms with Gasteiger partial charge in [-0.2, -0.15) is 18.3 Å². The number of alkyl halides is 3. The van der Waals surface area contributed by atoms with E-state index in [4.69, 9.17) is 17.3 Å². The van der Waals surface area contributed by atoms with Gasteiger partial charge in [-0.25, -0.2) is 4.68 Å². The average Bonchev–Trinajstić information content (AvgIpc) is 2.93. The summed E-state index contributed by atoms with van der Waals surface area (Å²) in [6, 6.07) is 5.89. The van der Waals surface area contributed by atoms with Gasteiger partial charge in [-0.05, 0) is 24.3 Å². The Morgan fingerprint density at radius 3 is 2.42 bits per heavy atom. The number of halogens is 4. The molecule has 6 nitrogen and oxygen atoms in total. The van der Waals surface area contributed by atoms with Crippen molar-refractivity contribution in [2.45, 2.75) is 12.6 Å². The van der Waals surface area contributed by atoms with E-state index in [1.165, 1.54) is 24.3 Å². The van der Waals surface area contributed by atoms with Gasteiger partial charge in [0.1, 0.15) is 0 Å². The van der Waals surface area contributed by atoms with Gasteiger partial charge in [0.15, 0.2) is 5.69 Å². The molecule has 2 rings (SSSR count). The Labute approximate surface area is 139 Å². The molecule has 1 aromatic carbocycles. The topological polar surface area (TPSA) is 90.0 Å². The molecule has 0 bridgehead atoms. The van der Waals surface area contributed by atoms with Gasteiger partial charge >= 0.3 is 6.18 Å². The fourth-order valence-corrected chi connectivity index (χ4v) is 2.00. The zero-order chi connectivity index (χ0) is 17.9. The third-order valence-corrected chi connectivity index (χ3v) is 3.23. The van der Waals surface area contributed by atoms with E-state index in [0.717, 1.165) is 10.9 Å². The summed E-state index contributed by atoms with van der Waals surface area (Å²) >= 11 is 5.73. The molecule has 0 saturated carbocycles. The van der Waals surface area contributed by atoms with Crippen molar-refractivity contribution in [1.29, 1.82) is 0 Å². The first-order valence-corrected chi connectivity index (χ1v) is 7.05. The summed E-state index contributed by atoms with van der Waals surface area (Å²) in [5.74, 6) is -1.67. The molecule has 0 unspecified atom stereocenters. The van der Waals surface area contributed by atoms with Gasteiger partial charge in [0.2, 0.25) is 5.91 Å². The summed E-state index contributed by atoms with van der Waals surface area (Å²) < 4.78 is 40.2. The van der Waals surface area contributed by atoms with Crippen LogP contribution in [0.2, 0.25) is 5.02 Å². The summed E-state index contributed by atoms with van der Waals surface area (Å²) in [6.45, 7) is -0.169. The molecule has 0 aliphatic carbocycles. The molecule has 0 aliphatic heterocycles. The highest BCUT2D eigenvalue weighted by Gasteiger charge is 2.39. The van der Waals surface area contributed by atoms with Crippen LogP contribution < -0.4 is 11.1 Å². The van der Waals surface area contributed by atoms with Crippen molar-refractivity contribution >= 4 is 23.4 Å². The van der Waals surface area contributed by atoms with Crippen LogP contribution in [-0.2, 0) is 11.0 Å². The van der Waals surface area contributed by atoms with E-state index in [2.05, 4.69) is 10.4 Å². The first-order chi connectivity index (χ1) is 11.2. The molecule has 3 N–H and O–H groups in total. The first-order valence-electron chi connectivity index (χ1n) is 6.68. The number of nitrogens with zero attached hydrogens (tertiary/aromatic N) is 2. The molecule has 2 aromatic rings. The lowest BCUT2D eigenvalue weighted by molar-refractivity contribution is -0.141.